The summed E-state index contributed by atoms with van der Waals surface area (Å²) in [5, 5.41) is 0. The van der Waals surface area contributed by atoms with E-state index in [4.69, 9.17) is 0 Å². The summed E-state index contributed by atoms with van der Waals surface area (Å²) in [5.41, 5.74) is 5.49. The van der Waals surface area contributed by atoms with Crippen LogP contribution in [0, 0.1) is 0 Å². The number of para-hydroxylation sites is 2. The molecule has 1 aliphatic heterocycles. The number of imidazole rings is 1. The summed E-state index contributed by atoms with van der Waals surface area (Å²) in [7, 11) is 0. The van der Waals surface area contributed by atoms with Gasteiger partial charge in [0.15, 0.2) is 0 Å². The van der Waals surface area contributed by atoms with Gasteiger partial charge in [0.2, 0.25) is 5.91 Å². The maximum Gasteiger partial charge on any atom is 0.261 e. The van der Waals surface area contributed by atoms with Crippen LogP contribution in [0.2, 0.25) is 0 Å². The number of likely N-dealkylation sites (tertiary alicyclic amines) is 1. The highest BCUT2D eigenvalue weighted by molar-refractivity contribution is 5.94. The number of amides is 2. The normalized spacial score (nSPS) is 16.8. The fourth-order valence-electron chi connectivity index (χ4n) is 3.45. The highest BCUT2D eigenvalue weighted by Gasteiger charge is 2.34. The average Bonchev–Trinajstić information content (AvgIpc) is 3.30. The van der Waals surface area contributed by atoms with E-state index in [1.807, 2.05) is 54.6 Å². The predicted octanol–water partition coefficient (Wildman–Crippen LogP) is 2.34. The van der Waals surface area contributed by atoms with Gasteiger partial charge in [0.25, 0.3) is 5.91 Å². The van der Waals surface area contributed by atoms with E-state index in [9.17, 15) is 9.59 Å². The van der Waals surface area contributed by atoms with E-state index in [2.05, 4.69) is 10.4 Å². The zero-order valence-corrected chi connectivity index (χ0v) is 14.3. The monoisotopic (exact) mass is 348 g/mol. The van der Waals surface area contributed by atoms with Crippen LogP contribution in [0.25, 0.3) is 11.0 Å². The standard InChI is InChI=1S/C20H20N4O2/c25-19(13-15-7-2-1-3-8-15)23-12-6-11-18(23)20(26)22-24-14-21-16-9-4-5-10-17(16)24/h1-5,7-10,14,18H,6,11-13H2,(H,22,26). The topological polar surface area (TPSA) is 67.2 Å². The molecule has 2 heterocycles. The van der Waals surface area contributed by atoms with Crippen molar-refractivity contribution >= 4 is 22.8 Å². The summed E-state index contributed by atoms with van der Waals surface area (Å²) in [6.07, 6.45) is 3.43. The Bertz CT molecular complexity index is 935. The van der Waals surface area contributed by atoms with Gasteiger partial charge in [-0.05, 0) is 30.5 Å². The van der Waals surface area contributed by atoms with Crippen molar-refractivity contribution in [1.29, 1.82) is 0 Å². The van der Waals surface area contributed by atoms with Crippen LogP contribution in [0.4, 0.5) is 0 Å². The van der Waals surface area contributed by atoms with Gasteiger partial charge in [0.05, 0.1) is 17.5 Å². The second kappa shape index (κ2) is 7.00. The van der Waals surface area contributed by atoms with Gasteiger partial charge >= 0.3 is 0 Å². The van der Waals surface area contributed by atoms with Gasteiger partial charge in [0.1, 0.15) is 12.4 Å². The van der Waals surface area contributed by atoms with Gasteiger partial charge < -0.3 is 4.90 Å². The minimum absolute atomic E-state index is 0.00987. The number of aromatic nitrogens is 2. The van der Waals surface area contributed by atoms with Crippen molar-refractivity contribution in [2.45, 2.75) is 25.3 Å². The van der Waals surface area contributed by atoms with Gasteiger partial charge in [-0.25, -0.2) is 9.66 Å². The summed E-state index contributed by atoms with van der Waals surface area (Å²) in [4.78, 5) is 31.4. The molecule has 4 rings (SSSR count). The second-order valence-electron chi connectivity index (χ2n) is 6.49. The van der Waals surface area contributed by atoms with Crippen LogP contribution in [-0.2, 0) is 16.0 Å². The SMILES string of the molecule is O=C(Nn1cnc2ccccc21)C1CCCN1C(=O)Cc1ccccc1. The van der Waals surface area contributed by atoms with E-state index in [1.54, 1.807) is 15.9 Å². The number of hydrogen-bond donors (Lipinski definition) is 1. The molecule has 0 saturated carbocycles. The van der Waals surface area contributed by atoms with Crippen molar-refractivity contribution in [3.63, 3.8) is 0 Å². The van der Waals surface area contributed by atoms with Crippen LogP contribution in [-0.4, -0.2) is 39.0 Å². The number of nitrogens with one attached hydrogen (secondary N) is 1. The number of fused-ring (bicyclic) bond motifs is 1. The lowest BCUT2D eigenvalue weighted by molar-refractivity contribution is -0.136. The average molecular weight is 348 g/mol. The summed E-state index contributed by atoms with van der Waals surface area (Å²) in [6.45, 7) is 0.619. The Labute approximate surface area is 151 Å². The van der Waals surface area contributed by atoms with Crippen molar-refractivity contribution in [2.24, 2.45) is 0 Å². The van der Waals surface area contributed by atoms with Crippen LogP contribution in [0.1, 0.15) is 18.4 Å². The molecule has 1 aliphatic rings. The van der Waals surface area contributed by atoms with Gasteiger partial charge in [-0.3, -0.25) is 15.0 Å². The van der Waals surface area contributed by atoms with Crippen molar-refractivity contribution in [3.05, 3.63) is 66.5 Å². The quantitative estimate of drug-likeness (QED) is 0.787. The van der Waals surface area contributed by atoms with E-state index in [0.717, 1.165) is 23.0 Å². The third kappa shape index (κ3) is 3.18. The van der Waals surface area contributed by atoms with Crippen LogP contribution >= 0.6 is 0 Å². The lowest BCUT2D eigenvalue weighted by Gasteiger charge is -2.24. The molecule has 1 unspecified atom stereocenters. The minimum atomic E-state index is -0.438. The number of carbonyl (C=O) groups is 2. The van der Waals surface area contributed by atoms with Crippen LogP contribution in [0.15, 0.2) is 60.9 Å². The van der Waals surface area contributed by atoms with Crippen molar-refractivity contribution in [2.75, 3.05) is 12.0 Å². The fraction of sp³-hybridized carbons (Fsp3) is 0.250. The molecule has 3 aromatic rings. The maximum atomic E-state index is 12.8. The van der Waals surface area contributed by atoms with Crippen molar-refractivity contribution in [3.8, 4) is 0 Å². The molecule has 2 aromatic carbocycles. The van der Waals surface area contributed by atoms with E-state index in [0.29, 0.717) is 19.4 Å². The first kappa shape index (κ1) is 16.3. The highest BCUT2D eigenvalue weighted by Crippen LogP contribution is 2.20. The lowest BCUT2D eigenvalue weighted by Crippen LogP contribution is -2.45. The molecule has 0 bridgehead atoms. The molecule has 1 saturated heterocycles. The van der Waals surface area contributed by atoms with E-state index in [1.165, 1.54) is 0 Å². The van der Waals surface area contributed by atoms with Crippen LogP contribution < -0.4 is 5.43 Å². The minimum Gasteiger partial charge on any atom is -0.330 e. The van der Waals surface area contributed by atoms with Crippen molar-refractivity contribution in [1.82, 2.24) is 14.6 Å². The zero-order valence-electron chi connectivity index (χ0n) is 14.3. The van der Waals surface area contributed by atoms with Gasteiger partial charge in [-0.2, -0.15) is 0 Å². The van der Waals surface area contributed by atoms with E-state index < -0.39 is 6.04 Å². The zero-order chi connectivity index (χ0) is 17.9. The molecular formula is C20H20N4O2. The Morgan fingerprint density at radius 3 is 2.69 bits per heavy atom. The molecule has 1 fully saturated rings. The molecule has 1 atom stereocenters. The number of carbonyl (C=O) groups excluding carboxylic acids is 2. The molecule has 26 heavy (non-hydrogen) atoms. The van der Waals surface area contributed by atoms with Crippen LogP contribution in [0.3, 0.4) is 0 Å². The lowest BCUT2D eigenvalue weighted by atomic mass is 10.1. The molecule has 6 heteroatoms. The Kier molecular flexibility index (Phi) is 4.39. The number of benzene rings is 2. The first-order chi connectivity index (χ1) is 12.7. The second-order valence-corrected chi connectivity index (χ2v) is 6.49. The number of nitrogens with zero attached hydrogens (tertiary/aromatic N) is 3. The third-order valence-electron chi connectivity index (χ3n) is 4.76. The van der Waals surface area contributed by atoms with E-state index >= 15 is 0 Å². The third-order valence-corrected chi connectivity index (χ3v) is 4.76. The Balaban J connectivity index is 1.47. The summed E-state index contributed by atoms with van der Waals surface area (Å²) < 4.78 is 1.62. The Morgan fingerprint density at radius 1 is 1.08 bits per heavy atom. The molecular weight excluding hydrogens is 328 g/mol. The molecule has 1 N–H and O–H groups in total. The first-order valence-corrected chi connectivity index (χ1v) is 8.79. The first-order valence-electron chi connectivity index (χ1n) is 8.79. The number of hydrogen-bond acceptors (Lipinski definition) is 3. The molecule has 6 nitrogen and oxygen atoms in total. The largest absolute Gasteiger partial charge is 0.330 e. The Morgan fingerprint density at radius 2 is 1.85 bits per heavy atom. The summed E-state index contributed by atoms with van der Waals surface area (Å²) >= 11 is 0. The molecule has 132 valence electrons. The van der Waals surface area contributed by atoms with E-state index in [-0.39, 0.29) is 11.8 Å². The molecule has 1 aromatic heterocycles. The maximum absolute atomic E-state index is 12.8. The molecule has 0 aliphatic carbocycles. The predicted molar refractivity (Wildman–Crippen MR) is 99.0 cm³/mol. The molecule has 0 radical (unpaired) electrons. The van der Waals surface area contributed by atoms with Crippen LogP contribution in [0.5, 0.6) is 0 Å². The van der Waals surface area contributed by atoms with Gasteiger partial charge in [-0.1, -0.05) is 42.5 Å². The molecule has 0 spiro atoms. The summed E-state index contributed by atoms with van der Waals surface area (Å²) in [6, 6.07) is 16.8. The van der Waals surface area contributed by atoms with Gasteiger partial charge in [0, 0.05) is 6.54 Å². The van der Waals surface area contributed by atoms with Gasteiger partial charge in [-0.15, -0.1) is 0 Å². The van der Waals surface area contributed by atoms with Crippen molar-refractivity contribution < 1.29 is 9.59 Å². The fourth-order valence-corrected chi connectivity index (χ4v) is 3.45. The summed E-state index contributed by atoms with van der Waals surface area (Å²) in [5.74, 6) is -0.184. The smallest absolute Gasteiger partial charge is 0.261 e. The number of rotatable bonds is 4. The highest BCUT2D eigenvalue weighted by atomic mass is 16.2. The Hall–Kier alpha value is -3.15. The molecule has 2 amide bonds.